The molecule has 0 aliphatic carbocycles. The summed E-state index contributed by atoms with van der Waals surface area (Å²) >= 11 is 0. The minimum atomic E-state index is -0.430. The molecule has 0 radical (unpaired) electrons. The lowest BCUT2D eigenvalue weighted by atomic mass is 10.0. The lowest BCUT2D eigenvalue weighted by Gasteiger charge is -2.12. The Kier molecular flexibility index (Phi) is 5.23. The first-order chi connectivity index (χ1) is 13.0. The fourth-order valence-corrected chi connectivity index (χ4v) is 3.14. The van der Waals surface area contributed by atoms with E-state index in [9.17, 15) is 10.1 Å². The van der Waals surface area contributed by atoms with Crippen molar-refractivity contribution in [3.05, 3.63) is 83.1 Å². The smallest absolute Gasteiger partial charge is 0.267 e. The monoisotopic (exact) mass is 355 g/mol. The van der Waals surface area contributed by atoms with Crippen LogP contribution in [0, 0.1) is 32.1 Å². The number of fused-ring (bicyclic) bond motifs is 1. The van der Waals surface area contributed by atoms with Crippen LogP contribution in [0.25, 0.3) is 10.8 Å². The van der Waals surface area contributed by atoms with E-state index in [0.29, 0.717) is 0 Å². The highest BCUT2D eigenvalue weighted by molar-refractivity contribution is 6.07. The zero-order valence-electron chi connectivity index (χ0n) is 15.6. The normalized spacial score (nSPS) is 11.1. The van der Waals surface area contributed by atoms with Crippen molar-refractivity contribution >= 4 is 28.1 Å². The Balaban J connectivity index is 1.79. The Morgan fingerprint density at radius 2 is 1.63 bits per heavy atom. The van der Waals surface area contributed by atoms with Gasteiger partial charge in [0.15, 0.2) is 0 Å². The van der Waals surface area contributed by atoms with Crippen molar-refractivity contribution in [2.75, 3.05) is 10.6 Å². The SMILES string of the molecule is Cc1cc(C)c(NC(=O)/C(C#N)=C\Nc2ccc3ccccc3c2)c(C)c1. The van der Waals surface area contributed by atoms with E-state index >= 15 is 0 Å². The molecule has 0 heterocycles. The zero-order chi connectivity index (χ0) is 19.4. The Bertz CT molecular complexity index is 1070. The number of carbonyl (C=O) groups excluding carboxylic acids is 1. The summed E-state index contributed by atoms with van der Waals surface area (Å²) in [5.74, 6) is -0.430. The molecular formula is C23H21N3O. The standard InChI is InChI=1S/C23H21N3O/c1-15-10-16(2)22(17(3)11-15)26-23(27)20(13-24)14-25-21-9-8-18-6-4-5-7-19(18)12-21/h4-12,14,25H,1-3H3,(H,26,27)/b20-14-. The van der Waals surface area contributed by atoms with Gasteiger partial charge in [0.05, 0.1) is 0 Å². The summed E-state index contributed by atoms with van der Waals surface area (Å²) in [4.78, 5) is 12.5. The summed E-state index contributed by atoms with van der Waals surface area (Å²) in [6.45, 7) is 5.90. The number of amides is 1. The molecule has 0 aromatic heterocycles. The molecule has 0 spiro atoms. The Morgan fingerprint density at radius 1 is 0.963 bits per heavy atom. The number of nitrogens with one attached hydrogen (secondary N) is 2. The van der Waals surface area contributed by atoms with E-state index in [1.807, 2.05) is 81.4 Å². The van der Waals surface area contributed by atoms with Crippen LogP contribution in [0.1, 0.15) is 16.7 Å². The molecule has 0 saturated carbocycles. The van der Waals surface area contributed by atoms with Gasteiger partial charge in [-0.1, -0.05) is 48.0 Å². The molecule has 4 nitrogen and oxygen atoms in total. The molecule has 0 saturated heterocycles. The minimum absolute atomic E-state index is 0.0162. The molecule has 2 N–H and O–H groups in total. The number of aryl methyl sites for hydroxylation is 3. The fraction of sp³-hybridized carbons (Fsp3) is 0.130. The van der Waals surface area contributed by atoms with Crippen molar-refractivity contribution in [2.45, 2.75) is 20.8 Å². The third-order valence-corrected chi connectivity index (χ3v) is 4.41. The van der Waals surface area contributed by atoms with E-state index in [0.717, 1.165) is 38.8 Å². The Hall–Kier alpha value is -3.58. The van der Waals surface area contributed by atoms with E-state index in [1.54, 1.807) is 0 Å². The van der Waals surface area contributed by atoms with E-state index in [4.69, 9.17) is 0 Å². The number of anilines is 2. The van der Waals surface area contributed by atoms with Gasteiger partial charge < -0.3 is 10.6 Å². The van der Waals surface area contributed by atoms with Gasteiger partial charge >= 0.3 is 0 Å². The highest BCUT2D eigenvalue weighted by atomic mass is 16.1. The second-order valence-corrected chi connectivity index (χ2v) is 6.60. The highest BCUT2D eigenvalue weighted by Gasteiger charge is 2.12. The molecule has 27 heavy (non-hydrogen) atoms. The molecule has 3 aromatic rings. The van der Waals surface area contributed by atoms with Gasteiger partial charge in [0.25, 0.3) is 5.91 Å². The molecular weight excluding hydrogens is 334 g/mol. The average molecular weight is 355 g/mol. The van der Waals surface area contributed by atoms with Crippen LogP contribution in [0.5, 0.6) is 0 Å². The van der Waals surface area contributed by atoms with Crippen LogP contribution in [0.15, 0.2) is 66.4 Å². The third kappa shape index (κ3) is 4.16. The molecule has 0 fully saturated rings. The second-order valence-electron chi connectivity index (χ2n) is 6.60. The van der Waals surface area contributed by atoms with E-state index in [2.05, 4.69) is 10.6 Å². The van der Waals surface area contributed by atoms with Crippen LogP contribution < -0.4 is 10.6 Å². The molecule has 0 aliphatic heterocycles. The van der Waals surface area contributed by atoms with Gasteiger partial charge in [0.1, 0.15) is 11.6 Å². The van der Waals surface area contributed by atoms with Crippen molar-refractivity contribution < 1.29 is 4.79 Å². The van der Waals surface area contributed by atoms with E-state index in [-0.39, 0.29) is 5.57 Å². The Morgan fingerprint density at radius 3 is 2.30 bits per heavy atom. The lowest BCUT2D eigenvalue weighted by Crippen LogP contribution is -2.16. The van der Waals surface area contributed by atoms with Crippen molar-refractivity contribution in [3.8, 4) is 6.07 Å². The number of rotatable bonds is 4. The summed E-state index contributed by atoms with van der Waals surface area (Å²) in [5, 5.41) is 17.5. The molecule has 4 heteroatoms. The van der Waals surface area contributed by atoms with Gasteiger partial charge in [-0.2, -0.15) is 5.26 Å². The zero-order valence-corrected chi connectivity index (χ0v) is 15.6. The summed E-state index contributed by atoms with van der Waals surface area (Å²) in [6.07, 6.45) is 1.44. The average Bonchev–Trinajstić information content (AvgIpc) is 2.65. The third-order valence-electron chi connectivity index (χ3n) is 4.41. The molecule has 134 valence electrons. The maximum atomic E-state index is 12.5. The highest BCUT2D eigenvalue weighted by Crippen LogP contribution is 2.23. The van der Waals surface area contributed by atoms with Crippen LogP contribution in [0.2, 0.25) is 0 Å². The van der Waals surface area contributed by atoms with Crippen LogP contribution in [-0.4, -0.2) is 5.91 Å². The number of nitriles is 1. The number of hydrogen-bond donors (Lipinski definition) is 2. The van der Waals surface area contributed by atoms with Crippen molar-refractivity contribution in [1.82, 2.24) is 0 Å². The summed E-state index contributed by atoms with van der Waals surface area (Å²) < 4.78 is 0. The summed E-state index contributed by atoms with van der Waals surface area (Å²) in [6, 6.07) is 19.9. The summed E-state index contributed by atoms with van der Waals surface area (Å²) in [7, 11) is 0. The molecule has 3 aromatic carbocycles. The molecule has 0 unspecified atom stereocenters. The topological polar surface area (TPSA) is 64.9 Å². The minimum Gasteiger partial charge on any atom is -0.360 e. The first-order valence-electron chi connectivity index (χ1n) is 8.73. The number of carbonyl (C=O) groups is 1. The van der Waals surface area contributed by atoms with Gasteiger partial charge in [-0.25, -0.2) is 0 Å². The van der Waals surface area contributed by atoms with Gasteiger partial charge in [-0.3, -0.25) is 4.79 Å². The molecule has 0 bridgehead atoms. The first kappa shape index (κ1) is 18.2. The lowest BCUT2D eigenvalue weighted by molar-refractivity contribution is -0.112. The van der Waals surface area contributed by atoms with Crippen LogP contribution >= 0.6 is 0 Å². The maximum Gasteiger partial charge on any atom is 0.267 e. The van der Waals surface area contributed by atoms with Crippen molar-refractivity contribution in [2.24, 2.45) is 0 Å². The molecule has 3 rings (SSSR count). The second kappa shape index (κ2) is 7.76. The maximum absolute atomic E-state index is 12.5. The first-order valence-corrected chi connectivity index (χ1v) is 8.73. The van der Waals surface area contributed by atoms with Gasteiger partial charge in [-0.05, 0) is 54.8 Å². The number of benzene rings is 3. The van der Waals surface area contributed by atoms with E-state index < -0.39 is 5.91 Å². The van der Waals surface area contributed by atoms with Gasteiger partial charge in [-0.15, -0.1) is 0 Å². The predicted octanol–water partition coefficient (Wildman–Crippen LogP) is 5.22. The fourth-order valence-electron chi connectivity index (χ4n) is 3.14. The molecule has 0 aliphatic rings. The largest absolute Gasteiger partial charge is 0.360 e. The van der Waals surface area contributed by atoms with Crippen molar-refractivity contribution in [3.63, 3.8) is 0 Å². The predicted molar refractivity (Wildman–Crippen MR) is 111 cm³/mol. The molecule has 1 amide bonds. The quantitative estimate of drug-likeness (QED) is 0.498. The van der Waals surface area contributed by atoms with Gasteiger partial charge in [0, 0.05) is 17.6 Å². The Labute approximate surface area is 159 Å². The van der Waals surface area contributed by atoms with Crippen molar-refractivity contribution in [1.29, 1.82) is 5.26 Å². The van der Waals surface area contributed by atoms with Gasteiger partial charge in [0.2, 0.25) is 0 Å². The molecule has 0 atom stereocenters. The number of hydrogen-bond acceptors (Lipinski definition) is 3. The summed E-state index contributed by atoms with van der Waals surface area (Å²) in [5.41, 5.74) is 4.66. The number of nitrogens with zero attached hydrogens (tertiary/aromatic N) is 1. The van der Waals surface area contributed by atoms with Crippen LogP contribution in [0.4, 0.5) is 11.4 Å². The van der Waals surface area contributed by atoms with Crippen LogP contribution in [0.3, 0.4) is 0 Å². The van der Waals surface area contributed by atoms with E-state index in [1.165, 1.54) is 6.20 Å². The van der Waals surface area contributed by atoms with Crippen LogP contribution in [-0.2, 0) is 4.79 Å².